The summed E-state index contributed by atoms with van der Waals surface area (Å²) in [7, 11) is -9.18. The third kappa shape index (κ3) is 3.76. The van der Waals surface area contributed by atoms with Crippen LogP contribution in [0.15, 0.2) is 15.8 Å². The molecule has 1 rings (SSSR count). The molecule has 1 aromatic heterocycles. The van der Waals surface area contributed by atoms with Crippen LogP contribution in [0.4, 0.5) is 0 Å². The van der Waals surface area contributed by atoms with E-state index in [1.807, 2.05) is 0 Å². The van der Waals surface area contributed by atoms with Gasteiger partial charge >= 0.3 is 0 Å². The van der Waals surface area contributed by atoms with E-state index < -0.39 is 48.9 Å². The summed E-state index contributed by atoms with van der Waals surface area (Å²) >= 11 is 0. The maximum atomic E-state index is 11.5. The topological polar surface area (TPSA) is 151 Å². The van der Waals surface area contributed by atoms with Gasteiger partial charge in [0.1, 0.15) is 0 Å². The summed E-state index contributed by atoms with van der Waals surface area (Å²) in [5, 5.41) is 9.63. The van der Waals surface area contributed by atoms with Gasteiger partial charge in [-0.25, -0.2) is 0 Å². The van der Waals surface area contributed by atoms with Crippen molar-refractivity contribution in [3.8, 4) is 5.88 Å². The molecule has 19 heavy (non-hydrogen) atoms. The van der Waals surface area contributed by atoms with Gasteiger partial charge in [-0.05, 0) is 12.5 Å². The molecule has 0 unspecified atom stereocenters. The Morgan fingerprint density at radius 3 is 2.16 bits per heavy atom. The molecule has 0 saturated carbocycles. The molecule has 0 saturated heterocycles. The fraction of sp³-hybridized carbons (Fsp3) is 0.375. The first-order valence-corrected chi connectivity index (χ1v) is 7.84. The molecule has 1 aromatic rings. The number of nitrogens with zero attached hydrogens (tertiary/aromatic N) is 1. The maximum Gasteiger partial charge on any atom is 0.300 e. The van der Waals surface area contributed by atoms with Crippen molar-refractivity contribution in [2.75, 3.05) is 5.75 Å². The van der Waals surface area contributed by atoms with E-state index in [0.29, 0.717) is 4.57 Å². The van der Waals surface area contributed by atoms with Crippen molar-refractivity contribution < 1.29 is 31.0 Å². The number of aromatic nitrogens is 1. The SMILES string of the molecule is Cc1cc(=O)n(CCS(=O)(=O)O)c(O)c1S(=O)(=O)O. The van der Waals surface area contributed by atoms with E-state index in [1.165, 1.54) is 6.92 Å². The molecule has 3 N–H and O–H groups in total. The lowest BCUT2D eigenvalue weighted by atomic mass is 10.3. The molecule has 9 nitrogen and oxygen atoms in total. The van der Waals surface area contributed by atoms with E-state index in [9.17, 15) is 26.7 Å². The Bertz CT molecular complexity index is 759. The molecular weight excluding hydrogens is 302 g/mol. The van der Waals surface area contributed by atoms with Crippen molar-refractivity contribution >= 4 is 20.2 Å². The number of hydrogen-bond acceptors (Lipinski definition) is 6. The summed E-state index contributed by atoms with van der Waals surface area (Å²) < 4.78 is 61.1. The lowest BCUT2D eigenvalue weighted by molar-refractivity contribution is 0.386. The van der Waals surface area contributed by atoms with Crippen LogP contribution >= 0.6 is 0 Å². The molecule has 0 aromatic carbocycles. The predicted molar refractivity (Wildman–Crippen MR) is 63.3 cm³/mol. The second kappa shape index (κ2) is 4.92. The van der Waals surface area contributed by atoms with Crippen LogP contribution in [0.25, 0.3) is 0 Å². The van der Waals surface area contributed by atoms with E-state index in [2.05, 4.69) is 0 Å². The smallest absolute Gasteiger partial charge is 0.300 e. The quantitative estimate of drug-likeness (QED) is 0.598. The molecule has 0 aliphatic heterocycles. The van der Waals surface area contributed by atoms with Gasteiger partial charge in [0.05, 0.1) is 5.75 Å². The minimum atomic E-state index is -4.78. The molecule has 0 aliphatic rings. The van der Waals surface area contributed by atoms with Gasteiger partial charge in [-0.15, -0.1) is 0 Å². The van der Waals surface area contributed by atoms with Crippen molar-refractivity contribution in [1.82, 2.24) is 4.57 Å². The Kier molecular flexibility index (Phi) is 4.05. The van der Waals surface area contributed by atoms with Gasteiger partial charge in [-0.1, -0.05) is 0 Å². The molecule has 1 heterocycles. The van der Waals surface area contributed by atoms with Gasteiger partial charge in [-0.3, -0.25) is 18.5 Å². The summed E-state index contributed by atoms with van der Waals surface area (Å²) in [4.78, 5) is 10.6. The molecule has 0 amide bonds. The first-order valence-electron chi connectivity index (χ1n) is 4.79. The number of rotatable bonds is 4. The van der Waals surface area contributed by atoms with Crippen LogP contribution < -0.4 is 5.56 Å². The normalized spacial score (nSPS) is 12.6. The van der Waals surface area contributed by atoms with E-state index in [1.54, 1.807) is 0 Å². The average Bonchev–Trinajstić information content (AvgIpc) is 2.11. The number of aromatic hydroxyl groups is 1. The minimum absolute atomic E-state index is 0.187. The van der Waals surface area contributed by atoms with Crippen LogP contribution in [0.5, 0.6) is 5.88 Å². The van der Waals surface area contributed by atoms with Gasteiger partial charge in [0.25, 0.3) is 25.8 Å². The second-order valence-corrected chi connectivity index (χ2v) is 6.66. The monoisotopic (exact) mass is 313 g/mol. The molecular formula is C8H11NO8S2. The Labute approximate surface area is 108 Å². The number of aryl methyl sites for hydroxylation is 1. The largest absolute Gasteiger partial charge is 0.493 e. The van der Waals surface area contributed by atoms with Crippen LogP contribution in [0.2, 0.25) is 0 Å². The van der Waals surface area contributed by atoms with Crippen molar-refractivity contribution in [2.45, 2.75) is 18.4 Å². The first kappa shape index (κ1) is 15.6. The Morgan fingerprint density at radius 1 is 1.21 bits per heavy atom. The highest BCUT2D eigenvalue weighted by Gasteiger charge is 2.23. The lowest BCUT2D eigenvalue weighted by Crippen LogP contribution is -2.25. The Morgan fingerprint density at radius 2 is 1.74 bits per heavy atom. The Balaban J connectivity index is 3.47. The van der Waals surface area contributed by atoms with Crippen molar-refractivity contribution in [1.29, 1.82) is 0 Å². The van der Waals surface area contributed by atoms with Gasteiger partial charge < -0.3 is 5.11 Å². The second-order valence-electron chi connectivity index (χ2n) is 3.73. The van der Waals surface area contributed by atoms with Gasteiger partial charge in [0.15, 0.2) is 4.90 Å². The Hall–Kier alpha value is -1.43. The summed E-state index contributed by atoms with van der Waals surface area (Å²) in [6, 6.07) is 0.812. The zero-order chi connectivity index (χ0) is 15.0. The fourth-order valence-corrected chi connectivity index (χ4v) is 2.69. The van der Waals surface area contributed by atoms with E-state index in [0.717, 1.165) is 6.07 Å². The zero-order valence-corrected chi connectivity index (χ0v) is 11.3. The number of pyridine rings is 1. The molecule has 0 spiro atoms. The standard InChI is InChI=1S/C8H11NO8S2/c1-5-4-6(10)9(2-3-18(12,13)14)8(11)7(5)19(15,16)17/h4,11H,2-3H2,1H3,(H,12,13,14)(H,15,16,17). The zero-order valence-electron chi connectivity index (χ0n) is 9.64. The molecule has 0 radical (unpaired) electrons. The third-order valence-electron chi connectivity index (χ3n) is 2.25. The van der Waals surface area contributed by atoms with Crippen LogP contribution in [-0.2, 0) is 26.8 Å². The number of hydrogen-bond donors (Lipinski definition) is 3. The molecule has 0 bridgehead atoms. The first-order chi connectivity index (χ1) is 8.43. The van der Waals surface area contributed by atoms with E-state index >= 15 is 0 Å². The average molecular weight is 313 g/mol. The summed E-state index contributed by atoms with van der Waals surface area (Å²) in [5.74, 6) is -1.98. The van der Waals surface area contributed by atoms with Crippen LogP contribution in [0, 0.1) is 6.92 Å². The predicted octanol–water partition coefficient (Wildman–Crippen LogP) is -1.00. The highest BCUT2D eigenvalue weighted by atomic mass is 32.2. The van der Waals surface area contributed by atoms with Crippen LogP contribution in [0.1, 0.15) is 5.56 Å². The molecule has 0 fully saturated rings. The molecule has 0 aliphatic carbocycles. The van der Waals surface area contributed by atoms with Gasteiger partial charge in [-0.2, -0.15) is 16.8 Å². The van der Waals surface area contributed by atoms with Crippen LogP contribution in [-0.4, -0.2) is 41.4 Å². The third-order valence-corrected chi connectivity index (χ3v) is 3.97. The highest BCUT2D eigenvalue weighted by Crippen LogP contribution is 2.23. The summed E-state index contributed by atoms with van der Waals surface area (Å²) in [5.41, 5.74) is -1.06. The van der Waals surface area contributed by atoms with Crippen molar-refractivity contribution in [2.24, 2.45) is 0 Å². The van der Waals surface area contributed by atoms with Gasteiger partial charge in [0.2, 0.25) is 5.88 Å². The fourth-order valence-electron chi connectivity index (χ4n) is 1.47. The highest BCUT2D eigenvalue weighted by molar-refractivity contribution is 7.86. The van der Waals surface area contributed by atoms with Crippen molar-refractivity contribution in [3.05, 3.63) is 22.0 Å². The summed E-state index contributed by atoms with van der Waals surface area (Å²) in [6.07, 6.45) is 0. The van der Waals surface area contributed by atoms with Gasteiger partial charge in [0, 0.05) is 12.6 Å². The summed E-state index contributed by atoms with van der Waals surface area (Å²) in [6.45, 7) is 0.518. The molecule has 11 heteroatoms. The molecule has 0 atom stereocenters. The van der Waals surface area contributed by atoms with Crippen molar-refractivity contribution in [3.63, 3.8) is 0 Å². The van der Waals surface area contributed by atoms with E-state index in [4.69, 9.17) is 9.11 Å². The van der Waals surface area contributed by atoms with E-state index in [-0.39, 0.29) is 5.56 Å². The maximum absolute atomic E-state index is 11.5. The minimum Gasteiger partial charge on any atom is -0.493 e. The van der Waals surface area contributed by atoms with Crippen LogP contribution in [0.3, 0.4) is 0 Å². The lowest BCUT2D eigenvalue weighted by Gasteiger charge is -2.11. The molecule has 108 valence electrons.